The van der Waals surface area contributed by atoms with E-state index >= 15 is 0 Å². The maximum absolute atomic E-state index is 11.4. The van der Waals surface area contributed by atoms with Crippen molar-refractivity contribution in [2.75, 3.05) is 5.75 Å². The summed E-state index contributed by atoms with van der Waals surface area (Å²) in [5, 5.41) is 0. The smallest absolute Gasteiger partial charge is 0.168 e. The van der Waals surface area contributed by atoms with Crippen LogP contribution in [-0.2, 0) is 4.79 Å². The summed E-state index contributed by atoms with van der Waals surface area (Å²) in [7, 11) is 0. The number of allylic oxidation sites excluding steroid dienone is 2. The first-order valence-corrected chi connectivity index (χ1v) is 6.19. The van der Waals surface area contributed by atoms with Crippen molar-refractivity contribution in [1.29, 1.82) is 0 Å². The van der Waals surface area contributed by atoms with Crippen LogP contribution in [-0.4, -0.2) is 11.5 Å². The maximum atomic E-state index is 11.4. The molecule has 1 nitrogen and oxygen atoms in total. The van der Waals surface area contributed by atoms with Crippen molar-refractivity contribution in [1.82, 2.24) is 0 Å². The minimum absolute atomic E-state index is 0.368. The second-order valence-corrected chi connectivity index (χ2v) is 4.58. The summed E-state index contributed by atoms with van der Waals surface area (Å²) in [6, 6.07) is 0. The van der Waals surface area contributed by atoms with E-state index in [0.717, 1.165) is 29.9 Å². The van der Waals surface area contributed by atoms with E-state index in [1.807, 2.05) is 0 Å². The molecule has 74 valence electrons. The number of unbranched alkanes of at least 4 members (excludes halogenated alkanes) is 2. The molecule has 1 aliphatic rings. The molecule has 0 aromatic heterocycles. The van der Waals surface area contributed by atoms with Crippen LogP contribution in [0.3, 0.4) is 0 Å². The summed E-state index contributed by atoms with van der Waals surface area (Å²) in [5.41, 5.74) is 0. The van der Waals surface area contributed by atoms with Gasteiger partial charge in [-0.05, 0) is 25.0 Å². The van der Waals surface area contributed by atoms with Gasteiger partial charge in [-0.3, -0.25) is 4.79 Å². The Morgan fingerprint density at radius 3 is 3.00 bits per heavy atom. The van der Waals surface area contributed by atoms with Gasteiger partial charge in [0.15, 0.2) is 5.78 Å². The van der Waals surface area contributed by atoms with E-state index < -0.39 is 0 Å². The van der Waals surface area contributed by atoms with Gasteiger partial charge in [-0.25, -0.2) is 0 Å². The summed E-state index contributed by atoms with van der Waals surface area (Å²) in [5.74, 6) is 1.48. The van der Waals surface area contributed by atoms with E-state index in [2.05, 4.69) is 13.0 Å². The number of carbonyl (C=O) groups is 1. The van der Waals surface area contributed by atoms with Gasteiger partial charge in [-0.2, -0.15) is 0 Å². The van der Waals surface area contributed by atoms with E-state index in [1.54, 1.807) is 11.8 Å². The Kier molecular flexibility index (Phi) is 5.21. The molecule has 2 heteroatoms. The fourth-order valence-electron chi connectivity index (χ4n) is 1.41. The van der Waals surface area contributed by atoms with Gasteiger partial charge < -0.3 is 0 Å². The van der Waals surface area contributed by atoms with E-state index in [1.165, 1.54) is 19.3 Å². The fourth-order valence-corrected chi connectivity index (χ4v) is 2.47. The van der Waals surface area contributed by atoms with Crippen LogP contribution in [0.4, 0.5) is 0 Å². The number of ketones is 1. The first kappa shape index (κ1) is 10.8. The number of Topliss-reactive ketones (excluding diaryl/α,β-unsaturated/α-hetero) is 1. The summed E-state index contributed by atoms with van der Waals surface area (Å²) < 4.78 is 0. The third-order valence-corrected chi connectivity index (χ3v) is 3.42. The largest absolute Gasteiger partial charge is 0.294 e. The quantitative estimate of drug-likeness (QED) is 0.628. The molecule has 0 aliphatic heterocycles. The third-order valence-electron chi connectivity index (χ3n) is 2.22. The molecular formula is C11H18OS. The minimum Gasteiger partial charge on any atom is -0.294 e. The minimum atomic E-state index is 0.368. The number of hydrogen-bond donors (Lipinski definition) is 0. The number of hydrogen-bond acceptors (Lipinski definition) is 2. The van der Waals surface area contributed by atoms with Crippen LogP contribution < -0.4 is 0 Å². The van der Waals surface area contributed by atoms with Gasteiger partial charge in [0.1, 0.15) is 0 Å². The van der Waals surface area contributed by atoms with E-state index in [9.17, 15) is 4.79 Å². The summed E-state index contributed by atoms with van der Waals surface area (Å²) >= 11 is 1.76. The molecule has 0 atom stereocenters. The first-order valence-electron chi connectivity index (χ1n) is 5.20. The molecule has 1 rings (SSSR count). The second kappa shape index (κ2) is 6.25. The average Bonchev–Trinajstić information content (AvgIpc) is 2.15. The van der Waals surface area contributed by atoms with Gasteiger partial charge in [-0.15, -0.1) is 11.8 Å². The van der Waals surface area contributed by atoms with Gasteiger partial charge in [0, 0.05) is 11.3 Å². The van der Waals surface area contributed by atoms with Crippen LogP contribution >= 0.6 is 11.8 Å². The van der Waals surface area contributed by atoms with E-state index in [-0.39, 0.29) is 0 Å². The number of thioether (sulfide) groups is 1. The molecule has 0 fully saturated rings. The summed E-state index contributed by atoms with van der Waals surface area (Å²) in [6.07, 6.45) is 8.82. The predicted octanol–water partition coefficient (Wildman–Crippen LogP) is 3.55. The topological polar surface area (TPSA) is 17.1 Å². The Labute approximate surface area is 85.0 Å². The molecule has 0 aromatic carbocycles. The molecule has 0 bridgehead atoms. The third kappa shape index (κ3) is 3.99. The van der Waals surface area contributed by atoms with Crippen molar-refractivity contribution in [3.63, 3.8) is 0 Å². The average molecular weight is 198 g/mol. The molecule has 0 amide bonds. The predicted molar refractivity (Wildman–Crippen MR) is 58.9 cm³/mol. The van der Waals surface area contributed by atoms with Crippen molar-refractivity contribution >= 4 is 17.5 Å². The molecule has 0 spiro atoms. The lowest BCUT2D eigenvalue weighted by Crippen LogP contribution is -2.04. The van der Waals surface area contributed by atoms with Crippen LogP contribution in [0.25, 0.3) is 0 Å². The lowest BCUT2D eigenvalue weighted by atomic mass is 10.1. The van der Waals surface area contributed by atoms with Crippen molar-refractivity contribution in [2.24, 2.45) is 0 Å². The number of carbonyl (C=O) groups excluding carboxylic acids is 1. The van der Waals surface area contributed by atoms with Crippen molar-refractivity contribution < 1.29 is 4.79 Å². The van der Waals surface area contributed by atoms with Crippen molar-refractivity contribution in [3.8, 4) is 0 Å². The second-order valence-electron chi connectivity index (χ2n) is 3.44. The zero-order valence-corrected chi connectivity index (χ0v) is 9.16. The molecule has 0 radical (unpaired) electrons. The molecular weight excluding hydrogens is 180 g/mol. The molecule has 13 heavy (non-hydrogen) atoms. The number of rotatable bonds is 5. The molecule has 1 aliphatic carbocycles. The standard InChI is InChI=1S/C11H18OS/c1-2-3-6-9-13-11-8-5-4-7-10(11)12/h8H,2-7,9H2,1H3. The van der Waals surface area contributed by atoms with Gasteiger partial charge in [0.2, 0.25) is 0 Å². The molecule has 0 N–H and O–H groups in total. The van der Waals surface area contributed by atoms with E-state index in [4.69, 9.17) is 0 Å². The highest BCUT2D eigenvalue weighted by Gasteiger charge is 2.12. The molecule has 0 unspecified atom stereocenters. The van der Waals surface area contributed by atoms with E-state index in [0.29, 0.717) is 5.78 Å². The van der Waals surface area contributed by atoms with Gasteiger partial charge in [0.05, 0.1) is 0 Å². The monoisotopic (exact) mass is 198 g/mol. The Hall–Kier alpha value is -0.240. The fraction of sp³-hybridized carbons (Fsp3) is 0.727. The zero-order valence-electron chi connectivity index (χ0n) is 8.34. The molecule has 0 heterocycles. The summed E-state index contributed by atoms with van der Waals surface area (Å²) in [4.78, 5) is 12.4. The van der Waals surface area contributed by atoms with Crippen LogP contribution in [0.2, 0.25) is 0 Å². The van der Waals surface area contributed by atoms with Crippen LogP contribution in [0, 0.1) is 0 Å². The highest BCUT2D eigenvalue weighted by molar-refractivity contribution is 8.04. The van der Waals surface area contributed by atoms with Crippen LogP contribution in [0.15, 0.2) is 11.0 Å². The summed E-state index contributed by atoms with van der Waals surface area (Å²) in [6.45, 7) is 2.20. The Bertz CT molecular complexity index is 196. The zero-order chi connectivity index (χ0) is 9.52. The highest BCUT2D eigenvalue weighted by Crippen LogP contribution is 2.25. The van der Waals surface area contributed by atoms with Gasteiger partial charge in [-0.1, -0.05) is 25.8 Å². The van der Waals surface area contributed by atoms with Crippen molar-refractivity contribution in [2.45, 2.75) is 45.4 Å². The molecule has 0 aromatic rings. The van der Waals surface area contributed by atoms with Crippen LogP contribution in [0.1, 0.15) is 45.4 Å². The lowest BCUT2D eigenvalue weighted by molar-refractivity contribution is -0.115. The highest BCUT2D eigenvalue weighted by atomic mass is 32.2. The Morgan fingerprint density at radius 1 is 1.46 bits per heavy atom. The molecule has 0 saturated heterocycles. The SMILES string of the molecule is CCCCCSC1=CCCCC1=O. The van der Waals surface area contributed by atoms with Gasteiger partial charge in [0.25, 0.3) is 0 Å². The normalized spacial score (nSPS) is 17.3. The van der Waals surface area contributed by atoms with Crippen molar-refractivity contribution in [3.05, 3.63) is 11.0 Å². The molecule has 0 saturated carbocycles. The first-order chi connectivity index (χ1) is 6.34. The Balaban J connectivity index is 2.19. The maximum Gasteiger partial charge on any atom is 0.168 e. The van der Waals surface area contributed by atoms with Crippen LogP contribution in [0.5, 0.6) is 0 Å². The Morgan fingerprint density at radius 2 is 2.31 bits per heavy atom. The lowest BCUT2D eigenvalue weighted by Gasteiger charge is -2.10. The van der Waals surface area contributed by atoms with Gasteiger partial charge >= 0.3 is 0 Å².